The molecule has 1 fully saturated rings. The molecule has 0 aliphatic carbocycles. The topological polar surface area (TPSA) is 49.4 Å². The molecule has 2 rings (SSSR count). The smallest absolute Gasteiger partial charge is 0.245 e. The summed E-state index contributed by atoms with van der Waals surface area (Å²) >= 11 is 12.4. The number of carbonyl (C=O) groups excluding carboxylic acids is 2. The molecule has 1 N–H and O–H groups in total. The Labute approximate surface area is 134 Å². The number of benzene rings is 1. The predicted molar refractivity (Wildman–Crippen MR) is 83.3 cm³/mol. The van der Waals surface area contributed by atoms with Gasteiger partial charge >= 0.3 is 0 Å². The molecule has 0 aromatic heterocycles. The normalized spacial score (nSPS) is 23.0. The number of amides is 2. The third kappa shape index (κ3) is 3.50. The summed E-state index contributed by atoms with van der Waals surface area (Å²) < 4.78 is 0. The molecule has 1 heterocycles. The first-order valence-corrected chi connectivity index (χ1v) is 7.72. The molecule has 2 atom stereocenters. The van der Waals surface area contributed by atoms with Crippen LogP contribution in [0.4, 0.5) is 0 Å². The minimum absolute atomic E-state index is 0.0909. The minimum atomic E-state index is -0.483. The van der Waals surface area contributed by atoms with Gasteiger partial charge in [0.15, 0.2) is 0 Å². The maximum atomic E-state index is 12.6. The summed E-state index contributed by atoms with van der Waals surface area (Å²) in [5, 5.41) is 3.81. The standard InChI is InChI=1S/C15H18Cl2N2O2/c1-3-13-15(21)19(9(2)7-14(20)18-13)8-10-11(16)5-4-6-12(10)17/h4-6,9,13H,3,7-8H2,1-2H3,(H,18,20). The molecule has 2 amide bonds. The number of carbonyl (C=O) groups is 2. The van der Waals surface area contributed by atoms with E-state index in [1.807, 2.05) is 13.8 Å². The summed E-state index contributed by atoms with van der Waals surface area (Å²) in [6.07, 6.45) is 0.842. The molecule has 2 unspecified atom stereocenters. The number of hydrogen-bond donors (Lipinski definition) is 1. The molecular formula is C15H18Cl2N2O2. The molecular weight excluding hydrogens is 311 g/mol. The number of nitrogens with one attached hydrogen (secondary N) is 1. The molecule has 1 aliphatic rings. The lowest BCUT2D eigenvalue weighted by atomic mass is 10.1. The lowest BCUT2D eigenvalue weighted by molar-refractivity contribution is -0.135. The van der Waals surface area contributed by atoms with Crippen molar-refractivity contribution >= 4 is 35.0 Å². The molecule has 0 radical (unpaired) electrons. The molecule has 114 valence electrons. The number of halogens is 2. The van der Waals surface area contributed by atoms with Gasteiger partial charge < -0.3 is 10.2 Å². The average molecular weight is 329 g/mol. The Morgan fingerprint density at radius 2 is 1.90 bits per heavy atom. The first-order chi connectivity index (χ1) is 9.93. The van der Waals surface area contributed by atoms with Gasteiger partial charge in [-0.25, -0.2) is 0 Å². The summed E-state index contributed by atoms with van der Waals surface area (Å²) in [5.41, 5.74) is 0.713. The third-order valence-corrected chi connectivity index (χ3v) is 4.44. The Balaban J connectivity index is 2.31. The van der Waals surface area contributed by atoms with Crippen molar-refractivity contribution in [1.29, 1.82) is 0 Å². The Morgan fingerprint density at radius 1 is 1.29 bits per heavy atom. The summed E-state index contributed by atoms with van der Waals surface area (Å²) in [4.78, 5) is 26.1. The number of nitrogens with zero attached hydrogens (tertiary/aromatic N) is 1. The maximum absolute atomic E-state index is 12.6. The highest BCUT2D eigenvalue weighted by Crippen LogP contribution is 2.27. The molecule has 1 saturated heterocycles. The van der Waals surface area contributed by atoms with Crippen LogP contribution in [-0.2, 0) is 16.1 Å². The molecule has 21 heavy (non-hydrogen) atoms. The molecule has 0 saturated carbocycles. The average Bonchev–Trinajstić information content (AvgIpc) is 2.52. The molecule has 0 bridgehead atoms. The number of rotatable bonds is 3. The van der Waals surface area contributed by atoms with Gasteiger partial charge in [-0.3, -0.25) is 9.59 Å². The van der Waals surface area contributed by atoms with Crippen molar-refractivity contribution in [2.24, 2.45) is 0 Å². The van der Waals surface area contributed by atoms with E-state index in [9.17, 15) is 9.59 Å². The van der Waals surface area contributed by atoms with Crippen molar-refractivity contribution in [2.45, 2.75) is 45.3 Å². The van der Waals surface area contributed by atoms with Gasteiger partial charge in [0.1, 0.15) is 6.04 Å². The summed E-state index contributed by atoms with van der Waals surface area (Å²) in [6.45, 7) is 4.05. The highest BCUT2D eigenvalue weighted by molar-refractivity contribution is 6.36. The summed E-state index contributed by atoms with van der Waals surface area (Å²) in [7, 11) is 0. The van der Waals surface area contributed by atoms with Gasteiger partial charge in [-0.2, -0.15) is 0 Å². The van der Waals surface area contributed by atoms with Crippen LogP contribution in [0.5, 0.6) is 0 Å². The van der Waals surface area contributed by atoms with Crippen LogP contribution >= 0.6 is 23.2 Å². The first kappa shape index (κ1) is 16.1. The monoisotopic (exact) mass is 328 g/mol. The summed E-state index contributed by atoms with van der Waals surface area (Å²) in [6, 6.07) is 4.58. The molecule has 1 aliphatic heterocycles. The number of hydrogen-bond acceptors (Lipinski definition) is 2. The van der Waals surface area contributed by atoms with Gasteiger partial charge in [-0.15, -0.1) is 0 Å². The van der Waals surface area contributed by atoms with Crippen molar-refractivity contribution in [2.75, 3.05) is 0 Å². The van der Waals surface area contributed by atoms with Crippen LogP contribution < -0.4 is 5.32 Å². The molecule has 0 spiro atoms. The van der Waals surface area contributed by atoms with Gasteiger partial charge in [-0.1, -0.05) is 36.2 Å². The van der Waals surface area contributed by atoms with Crippen molar-refractivity contribution in [3.63, 3.8) is 0 Å². The van der Waals surface area contributed by atoms with E-state index in [-0.39, 0.29) is 24.3 Å². The Hall–Kier alpha value is -1.26. The Bertz CT molecular complexity index is 542. The van der Waals surface area contributed by atoms with Gasteiger partial charge in [0.2, 0.25) is 11.8 Å². The van der Waals surface area contributed by atoms with Crippen LogP contribution in [0.3, 0.4) is 0 Å². The second kappa shape index (κ2) is 6.67. The maximum Gasteiger partial charge on any atom is 0.245 e. The zero-order valence-electron chi connectivity index (χ0n) is 12.0. The van der Waals surface area contributed by atoms with E-state index < -0.39 is 6.04 Å². The van der Waals surface area contributed by atoms with Gasteiger partial charge in [0.25, 0.3) is 0 Å². The predicted octanol–water partition coefficient (Wildman–Crippen LogP) is 3.01. The quantitative estimate of drug-likeness (QED) is 0.927. The molecule has 6 heteroatoms. The van der Waals surface area contributed by atoms with Crippen LogP contribution in [0.2, 0.25) is 10.0 Å². The van der Waals surface area contributed by atoms with Gasteiger partial charge in [-0.05, 0) is 25.5 Å². The van der Waals surface area contributed by atoms with Gasteiger partial charge in [0, 0.05) is 34.6 Å². The fourth-order valence-corrected chi connectivity index (χ4v) is 2.99. The second-order valence-corrected chi connectivity index (χ2v) is 6.06. The molecule has 4 nitrogen and oxygen atoms in total. The lowest BCUT2D eigenvalue weighted by Gasteiger charge is -2.29. The van der Waals surface area contributed by atoms with E-state index in [1.165, 1.54) is 0 Å². The lowest BCUT2D eigenvalue weighted by Crippen LogP contribution is -2.45. The highest BCUT2D eigenvalue weighted by atomic mass is 35.5. The highest BCUT2D eigenvalue weighted by Gasteiger charge is 2.33. The first-order valence-electron chi connectivity index (χ1n) is 6.96. The van der Waals surface area contributed by atoms with E-state index in [4.69, 9.17) is 23.2 Å². The molecule has 1 aromatic rings. The van der Waals surface area contributed by atoms with E-state index in [0.29, 0.717) is 28.6 Å². The minimum Gasteiger partial charge on any atom is -0.344 e. The van der Waals surface area contributed by atoms with E-state index in [0.717, 1.165) is 0 Å². The third-order valence-electron chi connectivity index (χ3n) is 3.73. The zero-order valence-corrected chi connectivity index (χ0v) is 13.5. The van der Waals surface area contributed by atoms with E-state index in [1.54, 1.807) is 23.1 Å². The van der Waals surface area contributed by atoms with E-state index in [2.05, 4.69) is 5.32 Å². The fourth-order valence-electron chi connectivity index (χ4n) is 2.48. The largest absolute Gasteiger partial charge is 0.344 e. The van der Waals surface area contributed by atoms with Crippen LogP contribution in [-0.4, -0.2) is 28.8 Å². The van der Waals surface area contributed by atoms with Crippen LogP contribution in [0.25, 0.3) is 0 Å². The Kier molecular flexibility index (Phi) is 5.12. The van der Waals surface area contributed by atoms with Crippen molar-refractivity contribution in [3.8, 4) is 0 Å². The van der Waals surface area contributed by atoms with Crippen LogP contribution in [0.15, 0.2) is 18.2 Å². The Morgan fingerprint density at radius 3 is 2.48 bits per heavy atom. The van der Waals surface area contributed by atoms with Crippen LogP contribution in [0.1, 0.15) is 32.3 Å². The van der Waals surface area contributed by atoms with Crippen molar-refractivity contribution in [3.05, 3.63) is 33.8 Å². The van der Waals surface area contributed by atoms with E-state index >= 15 is 0 Å². The van der Waals surface area contributed by atoms with Crippen molar-refractivity contribution in [1.82, 2.24) is 10.2 Å². The van der Waals surface area contributed by atoms with Crippen molar-refractivity contribution < 1.29 is 9.59 Å². The SMILES string of the molecule is CCC1NC(=O)CC(C)N(Cc2c(Cl)cccc2Cl)C1=O. The summed E-state index contributed by atoms with van der Waals surface area (Å²) in [5.74, 6) is -0.192. The molecule has 1 aromatic carbocycles. The zero-order chi connectivity index (χ0) is 15.6. The fraction of sp³-hybridized carbons (Fsp3) is 0.467. The van der Waals surface area contributed by atoms with Crippen LogP contribution in [0, 0.1) is 0 Å². The van der Waals surface area contributed by atoms with Gasteiger partial charge in [0.05, 0.1) is 0 Å². The second-order valence-electron chi connectivity index (χ2n) is 5.25.